The van der Waals surface area contributed by atoms with Crippen LogP contribution in [0.25, 0.3) is 11.5 Å². The van der Waals surface area contributed by atoms with Crippen molar-refractivity contribution in [3.05, 3.63) is 70.7 Å². The van der Waals surface area contributed by atoms with Crippen molar-refractivity contribution in [3.63, 3.8) is 0 Å². The normalized spacial score (nSPS) is 12.0. The van der Waals surface area contributed by atoms with Gasteiger partial charge in [0.2, 0.25) is 0 Å². The number of hydrogen-bond acceptors (Lipinski definition) is 4. The van der Waals surface area contributed by atoms with Gasteiger partial charge in [0.1, 0.15) is 11.2 Å². The highest BCUT2D eigenvalue weighted by atomic mass is 19.4. The molecule has 0 atom stereocenters. The molecule has 0 aliphatic carbocycles. The average Bonchev–Trinajstić information content (AvgIpc) is 3.16. The van der Waals surface area contributed by atoms with Crippen molar-refractivity contribution in [2.75, 3.05) is 5.32 Å². The van der Waals surface area contributed by atoms with Gasteiger partial charge in [0.25, 0.3) is 11.5 Å². The number of aromatic nitrogens is 2. The van der Waals surface area contributed by atoms with E-state index in [9.17, 15) is 22.8 Å². The molecule has 3 aromatic rings. The lowest BCUT2D eigenvalue weighted by Gasteiger charge is -2.25. The third-order valence-corrected chi connectivity index (χ3v) is 4.13. The minimum atomic E-state index is -4.47. The van der Waals surface area contributed by atoms with Crippen LogP contribution in [-0.4, -0.2) is 15.7 Å². The van der Waals surface area contributed by atoms with E-state index in [2.05, 4.69) is 10.4 Å². The minimum absolute atomic E-state index is 0.168. The second kappa shape index (κ2) is 6.99. The Hall–Kier alpha value is -3.36. The number of nitrogens with zero attached hydrogens (tertiary/aromatic N) is 2. The quantitative estimate of drug-likeness (QED) is 0.732. The Morgan fingerprint density at radius 3 is 2.32 bits per heavy atom. The van der Waals surface area contributed by atoms with Gasteiger partial charge in [-0.1, -0.05) is 0 Å². The van der Waals surface area contributed by atoms with Crippen molar-refractivity contribution in [2.24, 2.45) is 0 Å². The maximum atomic E-state index is 12.7. The summed E-state index contributed by atoms with van der Waals surface area (Å²) in [5.41, 5.74) is -2.22. The van der Waals surface area contributed by atoms with Gasteiger partial charge in [-0.05, 0) is 56.3 Å². The summed E-state index contributed by atoms with van der Waals surface area (Å²) in [7, 11) is 0. The van der Waals surface area contributed by atoms with Crippen molar-refractivity contribution in [1.29, 1.82) is 0 Å². The van der Waals surface area contributed by atoms with E-state index in [1.165, 1.54) is 32.2 Å². The summed E-state index contributed by atoms with van der Waals surface area (Å²) in [6.45, 7) is 2.96. The molecule has 0 unspecified atom stereocenters. The lowest BCUT2D eigenvalue weighted by atomic mass is 10.0. The maximum absolute atomic E-state index is 12.7. The van der Waals surface area contributed by atoms with Crippen LogP contribution in [-0.2, 0) is 16.5 Å². The molecule has 2 aromatic heterocycles. The van der Waals surface area contributed by atoms with Crippen molar-refractivity contribution in [2.45, 2.75) is 25.6 Å². The van der Waals surface area contributed by atoms with Crippen molar-refractivity contribution >= 4 is 11.6 Å². The Morgan fingerprint density at radius 2 is 1.75 bits per heavy atom. The summed E-state index contributed by atoms with van der Waals surface area (Å²) in [5.74, 6) is -0.189. The monoisotopic (exact) mass is 391 g/mol. The number of nitrogens with one attached hydrogen (secondary N) is 1. The fourth-order valence-electron chi connectivity index (χ4n) is 2.49. The van der Waals surface area contributed by atoms with E-state index >= 15 is 0 Å². The van der Waals surface area contributed by atoms with Crippen LogP contribution in [0.2, 0.25) is 0 Å². The molecule has 1 aromatic carbocycles. The van der Waals surface area contributed by atoms with Crippen LogP contribution in [0.15, 0.2) is 64.0 Å². The first-order valence-corrected chi connectivity index (χ1v) is 8.22. The molecular formula is C19H16F3N3O3. The van der Waals surface area contributed by atoms with Crippen LogP contribution < -0.4 is 10.9 Å². The summed E-state index contributed by atoms with van der Waals surface area (Å²) in [6.07, 6.45) is -3.01. The molecule has 1 amide bonds. The van der Waals surface area contributed by atoms with E-state index < -0.39 is 28.7 Å². The SMILES string of the molecule is CC(C)(C(=O)Nc1ccc(C(F)(F)F)cc1)n1nc(-c2ccco2)ccc1=O. The third-order valence-electron chi connectivity index (χ3n) is 4.13. The van der Waals surface area contributed by atoms with Gasteiger partial charge in [0.15, 0.2) is 5.76 Å². The Morgan fingerprint density at radius 1 is 1.07 bits per heavy atom. The number of furan rings is 1. The Kier molecular flexibility index (Phi) is 4.84. The lowest BCUT2D eigenvalue weighted by Crippen LogP contribution is -2.47. The fourth-order valence-corrected chi connectivity index (χ4v) is 2.49. The Bertz CT molecular complexity index is 1040. The number of anilines is 1. The molecule has 0 aliphatic rings. The smallest absolute Gasteiger partial charge is 0.416 e. The minimum Gasteiger partial charge on any atom is -0.463 e. The highest BCUT2D eigenvalue weighted by Gasteiger charge is 2.33. The number of benzene rings is 1. The number of carbonyl (C=O) groups excluding carboxylic acids is 1. The molecule has 0 radical (unpaired) electrons. The van der Waals surface area contributed by atoms with Gasteiger partial charge in [-0.25, -0.2) is 4.68 Å². The van der Waals surface area contributed by atoms with Crippen LogP contribution in [0.3, 0.4) is 0 Å². The van der Waals surface area contributed by atoms with Gasteiger partial charge in [0, 0.05) is 11.8 Å². The van der Waals surface area contributed by atoms with Gasteiger partial charge < -0.3 is 9.73 Å². The van der Waals surface area contributed by atoms with Crippen molar-refractivity contribution in [3.8, 4) is 11.5 Å². The van der Waals surface area contributed by atoms with Crippen molar-refractivity contribution in [1.82, 2.24) is 9.78 Å². The van der Waals surface area contributed by atoms with E-state index in [0.29, 0.717) is 11.5 Å². The molecular weight excluding hydrogens is 375 g/mol. The summed E-state index contributed by atoms with van der Waals surface area (Å²) < 4.78 is 44.2. The lowest BCUT2D eigenvalue weighted by molar-refractivity contribution is -0.137. The highest BCUT2D eigenvalue weighted by molar-refractivity contribution is 5.96. The summed E-state index contributed by atoms with van der Waals surface area (Å²) in [6, 6.07) is 10.1. The van der Waals surface area contributed by atoms with E-state index in [-0.39, 0.29) is 5.69 Å². The van der Waals surface area contributed by atoms with Crippen LogP contribution in [0, 0.1) is 0 Å². The fraction of sp³-hybridized carbons (Fsp3) is 0.211. The summed E-state index contributed by atoms with van der Waals surface area (Å²) >= 11 is 0. The first-order chi connectivity index (χ1) is 13.1. The number of rotatable bonds is 4. The van der Waals surface area contributed by atoms with Crippen LogP contribution in [0.1, 0.15) is 19.4 Å². The molecule has 3 rings (SSSR count). The van der Waals surface area contributed by atoms with E-state index in [1.807, 2.05) is 0 Å². The molecule has 2 heterocycles. The molecule has 0 aliphatic heterocycles. The summed E-state index contributed by atoms with van der Waals surface area (Å²) in [5, 5.41) is 6.71. The maximum Gasteiger partial charge on any atom is 0.416 e. The van der Waals surface area contributed by atoms with Gasteiger partial charge >= 0.3 is 6.18 Å². The molecule has 0 bridgehead atoms. The first kappa shape index (κ1) is 19.4. The molecule has 0 saturated carbocycles. The van der Waals surface area contributed by atoms with Crippen LogP contribution in [0.4, 0.5) is 18.9 Å². The number of amides is 1. The molecule has 146 valence electrons. The number of hydrogen-bond donors (Lipinski definition) is 1. The van der Waals surface area contributed by atoms with Gasteiger partial charge in [-0.2, -0.15) is 18.3 Å². The summed E-state index contributed by atoms with van der Waals surface area (Å²) in [4.78, 5) is 25.0. The molecule has 0 fully saturated rings. The standard InChI is InChI=1S/C19H16F3N3O3/c1-18(2,17(27)23-13-7-5-12(6-8-13)19(20,21)22)25-16(26)10-9-14(24-25)15-4-3-11-28-15/h3-11H,1-2H3,(H,23,27). The molecule has 9 heteroatoms. The van der Waals surface area contributed by atoms with E-state index in [1.54, 1.807) is 12.1 Å². The van der Waals surface area contributed by atoms with Crippen molar-refractivity contribution < 1.29 is 22.4 Å². The highest BCUT2D eigenvalue weighted by Crippen LogP contribution is 2.30. The zero-order valence-corrected chi connectivity index (χ0v) is 14.9. The third kappa shape index (κ3) is 3.83. The number of alkyl halides is 3. The zero-order chi connectivity index (χ0) is 20.5. The second-order valence-corrected chi connectivity index (χ2v) is 6.53. The first-order valence-electron chi connectivity index (χ1n) is 8.22. The van der Waals surface area contributed by atoms with Gasteiger partial charge in [-0.15, -0.1) is 0 Å². The van der Waals surface area contributed by atoms with Crippen LogP contribution in [0.5, 0.6) is 0 Å². The topological polar surface area (TPSA) is 77.1 Å². The van der Waals surface area contributed by atoms with Gasteiger partial charge in [-0.3, -0.25) is 9.59 Å². The molecule has 0 saturated heterocycles. The predicted molar refractivity (Wildman–Crippen MR) is 95.6 cm³/mol. The molecule has 28 heavy (non-hydrogen) atoms. The van der Waals surface area contributed by atoms with E-state index in [4.69, 9.17) is 4.42 Å². The molecule has 6 nitrogen and oxygen atoms in total. The molecule has 0 spiro atoms. The predicted octanol–water partition coefficient (Wildman–Crippen LogP) is 3.90. The van der Waals surface area contributed by atoms with E-state index in [0.717, 1.165) is 28.9 Å². The second-order valence-electron chi connectivity index (χ2n) is 6.53. The van der Waals surface area contributed by atoms with Crippen LogP contribution >= 0.6 is 0 Å². The Balaban J connectivity index is 1.87. The number of halogens is 3. The largest absolute Gasteiger partial charge is 0.463 e. The number of carbonyl (C=O) groups is 1. The average molecular weight is 391 g/mol. The zero-order valence-electron chi connectivity index (χ0n) is 14.9. The van der Waals surface area contributed by atoms with Gasteiger partial charge in [0.05, 0.1) is 11.8 Å². The molecule has 1 N–H and O–H groups in total. The Labute approximate surface area is 157 Å².